The van der Waals surface area contributed by atoms with Crippen molar-refractivity contribution in [3.63, 3.8) is 0 Å². The van der Waals surface area contributed by atoms with E-state index in [1.807, 2.05) is 26.8 Å². The highest BCUT2D eigenvalue weighted by Crippen LogP contribution is 2.39. The van der Waals surface area contributed by atoms with Crippen molar-refractivity contribution in [2.75, 3.05) is 0 Å². The van der Waals surface area contributed by atoms with Gasteiger partial charge in [-0.05, 0) is 101 Å². The largest absolute Gasteiger partial charge is 0.507 e. The summed E-state index contributed by atoms with van der Waals surface area (Å²) < 4.78 is 32.5. The van der Waals surface area contributed by atoms with Gasteiger partial charge in [-0.1, -0.05) is 35.9 Å². The summed E-state index contributed by atoms with van der Waals surface area (Å²) in [7, 11) is 0. The molecule has 256 valence electrons. The highest BCUT2D eigenvalue weighted by Gasteiger charge is 2.31. The van der Waals surface area contributed by atoms with E-state index in [0.717, 1.165) is 18.5 Å². The minimum Gasteiger partial charge on any atom is -0.507 e. The Morgan fingerprint density at radius 3 is 1.90 bits per heavy atom. The summed E-state index contributed by atoms with van der Waals surface area (Å²) in [5, 5.41) is 24.2. The van der Waals surface area contributed by atoms with Gasteiger partial charge in [0.1, 0.15) is 33.9 Å². The van der Waals surface area contributed by atoms with E-state index in [4.69, 9.17) is 21.3 Å². The van der Waals surface area contributed by atoms with E-state index >= 15 is 0 Å². The number of phenolic OH excluding ortho intramolecular Hbond substituents is 2. The van der Waals surface area contributed by atoms with Crippen LogP contribution in [0.2, 0.25) is 5.15 Å². The summed E-state index contributed by atoms with van der Waals surface area (Å²) in [6.07, 6.45) is 1.80. The lowest BCUT2D eigenvalue weighted by molar-refractivity contribution is 0.0505. The molecule has 4 aromatic carbocycles. The van der Waals surface area contributed by atoms with Crippen LogP contribution in [-0.2, 0) is 4.74 Å². The third kappa shape index (κ3) is 7.89. The molecule has 50 heavy (non-hydrogen) atoms. The van der Waals surface area contributed by atoms with Crippen LogP contribution in [0.5, 0.6) is 11.5 Å². The van der Waals surface area contributed by atoms with Gasteiger partial charge in [-0.15, -0.1) is 0 Å². The average molecular weight is 698 g/mol. The van der Waals surface area contributed by atoms with E-state index in [2.05, 4.69) is 20.3 Å². The maximum absolute atomic E-state index is 14.0. The predicted octanol–water partition coefficient (Wildman–Crippen LogP) is 9.10. The summed E-state index contributed by atoms with van der Waals surface area (Å²) in [4.78, 5) is 29.8. The molecular weight excluding hydrogens is 664 g/mol. The zero-order valence-electron chi connectivity index (χ0n) is 27.5. The van der Waals surface area contributed by atoms with Crippen LogP contribution in [0.15, 0.2) is 84.9 Å². The van der Waals surface area contributed by atoms with Crippen molar-refractivity contribution in [2.45, 2.75) is 57.6 Å². The van der Waals surface area contributed by atoms with Gasteiger partial charge in [0.2, 0.25) is 0 Å². The van der Waals surface area contributed by atoms with Gasteiger partial charge < -0.3 is 20.3 Å². The molecule has 1 aliphatic carbocycles. The number of carbonyl (C=O) groups is 1. The Labute approximate surface area is 292 Å². The summed E-state index contributed by atoms with van der Waals surface area (Å²) in [5.74, 6) is 0.142. The summed E-state index contributed by atoms with van der Waals surface area (Å²) >= 11 is 6.04. The molecule has 0 aliphatic heterocycles. The van der Waals surface area contributed by atoms with Crippen LogP contribution in [0.4, 0.5) is 13.6 Å². The van der Waals surface area contributed by atoms with Gasteiger partial charge >= 0.3 is 6.09 Å². The smallest absolute Gasteiger partial charge is 0.407 e. The quantitative estimate of drug-likeness (QED) is 0.156. The van der Waals surface area contributed by atoms with E-state index in [9.17, 15) is 23.8 Å². The number of carbonyl (C=O) groups excluding carboxylic acids is 1. The Bertz CT molecular complexity index is 2210. The number of aromatic hydroxyl groups is 2. The van der Waals surface area contributed by atoms with Crippen LogP contribution in [-0.4, -0.2) is 47.9 Å². The Hall–Kier alpha value is -5.42. The number of ether oxygens (including phenoxy) is 1. The average Bonchev–Trinajstić information content (AvgIpc) is 3.52. The first-order valence-corrected chi connectivity index (χ1v) is 16.4. The summed E-state index contributed by atoms with van der Waals surface area (Å²) in [5.41, 5.74) is 2.32. The number of amides is 1. The van der Waals surface area contributed by atoms with E-state index in [-0.39, 0.29) is 34.4 Å². The zero-order chi connectivity index (χ0) is 35.6. The third-order valence-corrected chi connectivity index (χ3v) is 8.42. The van der Waals surface area contributed by atoms with Crippen molar-refractivity contribution < 1.29 is 28.5 Å². The second-order valence-electron chi connectivity index (χ2n) is 13.0. The maximum Gasteiger partial charge on any atom is 0.407 e. The lowest BCUT2D eigenvalue weighted by Crippen LogP contribution is -2.37. The predicted molar refractivity (Wildman–Crippen MR) is 188 cm³/mol. The van der Waals surface area contributed by atoms with Crippen LogP contribution in [0, 0.1) is 11.6 Å². The molecule has 0 spiro atoms. The lowest BCUT2D eigenvalue weighted by Gasteiger charge is -2.22. The number of nitrogens with one attached hydrogen (secondary N) is 1. The Morgan fingerprint density at radius 2 is 1.32 bits per heavy atom. The molecule has 1 amide bonds. The monoisotopic (exact) mass is 697 g/mol. The number of para-hydroxylation sites is 2. The molecule has 6 aromatic rings. The molecule has 0 saturated heterocycles. The molecule has 7 rings (SSSR count). The fraction of sp³-hybridized carbons (Fsp3) is 0.237. The maximum atomic E-state index is 14.0. The number of phenols is 2. The minimum absolute atomic E-state index is 0.0249. The van der Waals surface area contributed by atoms with Crippen molar-refractivity contribution in [3.05, 3.63) is 107 Å². The van der Waals surface area contributed by atoms with Gasteiger partial charge in [0.25, 0.3) is 0 Å². The normalized spacial score (nSPS) is 15.8. The fourth-order valence-electron chi connectivity index (χ4n) is 5.90. The standard InChI is InChI=1S/C24H26FN3O3.C14H8ClFN2O/c1-24(2,3)31-23(30)26-16-10-8-14(12-16)21-18-13-15(25)9-11-19(18)27-22(28-21)17-6-4-5-7-20(17)29;15-13-10-7-8(16)5-6-11(10)17-14(18-13)9-3-1-2-4-12(9)19/h4-7,9,11,13-14,16,29H,8,10,12H2,1-3H3,(H,26,30);1-7,19H/t14?,16-;/m1./s1. The second kappa shape index (κ2) is 14.2. The van der Waals surface area contributed by atoms with E-state index in [0.29, 0.717) is 51.0 Å². The molecule has 3 N–H and O–H groups in total. The van der Waals surface area contributed by atoms with Crippen molar-refractivity contribution in [1.82, 2.24) is 25.3 Å². The number of alkyl carbamates (subject to hydrolysis) is 1. The van der Waals surface area contributed by atoms with Crippen molar-refractivity contribution in [2.24, 2.45) is 0 Å². The molecular formula is C38H34ClF2N5O4. The number of fused-ring (bicyclic) bond motifs is 2. The van der Waals surface area contributed by atoms with E-state index in [1.54, 1.807) is 48.5 Å². The first kappa shape index (κ1) is 34.4. The molecule has 9 nitrogen and oxygen atoms in total. The molecule has 12 heteroatoms. The minimum atomic E-state index is -0.560. The molecule has 1 saturated carbocycles. The molecule has 2 heterocycles. The molecule has 0 radical (unpaired) electrons. The number of aromatic nitrogens is 4. The van der Waals surface area contributed by atoms with Gasteiger partial charge in [0, 0.05) is 22.7 Å². The topological polar surface area (TPSA) is 130 Å². The SMILES string of the molecule is CC(C)(C)OC(=O)N[C@@H]1CCC(c2nc(-c3ccccc3O)nc3ccc(F)cc23)C1.Oc1ccccc1-c1nc(Cl)c2cc(F)ccc2n1. The van der Waals surface area contributed by atoms with Gasteiger partial charge in [-0.25, -0.2) is 33.5 Å². The van der Waals surface area contributed by atoms with Crippen molar-refractivity contribution in [3.8, 4) is 34.3 Å². The van der Waals surface area contributed by atoms with Crippen LogP contribution < -0.4 is 5.32 Å². The van der Waals surface area contributed by atoms with Crippen molar-refractivity contribution in [1.29, 1.82) is 0 Å². The molecule has 1 unspecified atom stereocenters. The summed E-state index contributed by atoms with van der Waals surface area (Å²) in [6.45, 7) is 5.48. The Morgan fingerprint density at radius 1 is 0.780 bits per heavy atom. The molecule has 1 fully saturated rings. The Balaban J connectivity index is 0.000000194. The second-order valence-corrected chi connectivity index (χ2v) is 13.3. The van der Waals surface area contributed by atoms with Crippen LogP contribution in [0.3, 0.4) is 0 Å². The number of nitrogens with zero attached hydrogens (tertiary/aromatic N) is 4. The Kier molecular flexibility index (Phi) is 9.79. The van der Waals surface area contributed by atoms with Gasteiger partial charge in [0.15, 0.2) is 11.6 Å². The van der Waals surface area contributed by atoms with E-state index < -0.39 is 17.5 Å². The number of benzene rings is 4. The fourth-order valence-corrected chi connectivity index (χ4v) is 6.13. The van der Waals surface area contributed by atoms with Gasteiger partial charge in [-0.2, -0.15) is 0 Å². The first-order chi connectivity index (χ1) is 23.8. The summed E-state index contributed by atoms with van der Waals surface area (Å²) in [6, 6.07) is 22.1. The van der Waals surface area contributed by atoms with Crippen molar-refractivity contribution >= 4 is 39.5 Å². The molecule has 1 aliphatic rings. The highest BCUT2D eigenvalue weighted by atomic mass is 35.5. The number of hydrogen-bond acceptors (Lipinski definition) is 8. The van der Waals surface area contributed by atoms with Crippen LogP contribution in [0.1, 0.15) is 51.6 Å². The lowest BCUT2D eigenvalue weighted by atomic mass is 9.98. The van der Waals surface area contributed by atoms with E-state index in [1.165, 1.54) is 30.3 Å². The molecule has 2 aromatic heterocycles. The van der Waals surface area contributed by atoms with Crippen LogP contribution >= 0.6 is 11.6 Å². The van der Waals surface area contributed by atoms with Gasteiger partial charge in [0.05, 0.1) is 27.9 Å². The highest BCUT2D eigenvalue weighted by molar-refractivity contribution is 6.34. The first-order valence-electron chi connectivity index (χ1n) is 16.0. The molecule has 0 bridgehead atoms. The van der Waals surface area contributed by atoms with Crippen LogP contribution in [0.25, 0.3) is 44.6 Å². The third-order valence-electron chi connectivity index (χ3n) is 8.13. The zero-order valence-corrected chi connectivity index (χ0v) is 28.2. The molecule has 2 atom stereocenters. The number of rotatable bonds is 4. The van der Waals surface area contributed by atoms with Gasteiger partial charge in [-0.3, -0.25) is 0 Å². The number of hydrogen-bond donors (Lipinski definition) is 3. The number of halogens is 3.